The van der Waals surface area contributed by atoms with Crippen molar-refractivity contribution in [3.8, 4) is 0 Å². The fourth-order valence-corrected chi connectivity index (χ4v) is 6.61. The first-order valence-corrected chi connectivity index (χ1v) is 21.0. The normalized spacial score (nSPS) is 18.2. The number of carbonyl (C=O) groups is 4. The average Bonchev–Trinajstić information content (AvgIpc) is 3.79. The predicted molar refractivity (Wildman–Crippen MR) is 229 cm³/mol. The van der Waals surface area contributed by atoms with E-state index in [0.29, 0.717) is 31.1 Å². The zero-order valence-corrected chi connectivity index (χ0v) is 36.2. The summed E-state index contributed by atoms with van der Waals surface area (Å²) in [5.41, 5.74) is 1.38. The maximum Gasteiger partial charge on any atom is 0.249 e. The quantitative estimate of drug-likeness (QED) is 0.118. The molecule has 4 rings (SSSR count). The summed E-state index contributed by atoms with van der Waals surface area (Å²) in [6.45, 7) is 29.9. The van der Waals surface area contributed by atoms with Crippen LogP contribution in [0.5, 0.6) is 0 Å². The van der Waals surface area contributed by atoms with E-state index >= 15 is 0 Å². The highest BCUT2D eigenvalue weighted by atomic mass is 16.2. The van der Waals surface area contributed by atoms with Gasteiger partial charge in [0.15, 0.2) is 0 Å². The first kappa shape index (κ1) is 47.9. The molecular formula is C45H75N7O4. The van der Waals surface area contributed by atoms with Crippen molar-refractivity contribution in [3.05, 3.63) is 72.7 Å². The van der Waals surface area contributed by atoms with E-state index in [9.17, 15) is 19.2 Å². The van der Waals surface area contributed by atoms with Crippen LogP contribution in [0.4, 0.5) is 0 Å². The molecular weight excluding hydrogens is 703 g/mol. The van der Waals surface area contributed by atoms with Crippen molar-refractivity contribution in [1.29, 1.82) is 0 Å². The number of nitrogens with one attached hydrogen (secondary N) is 5. The molecule has 1 heterocycles. The maximum atomic E-state index is 13.6. The van der Waals surface area contributed by atoms with Gasteiger partial charge >= 0.3 is 0 Å². The van der Waals surface area contributed by atoms with Crippen molar-refractivity contribution in [2.45, 2.75) is 150 Å². The van der Waals surface area contributed by atoms with Gasteiger partial charge in [0.1, 0.15) is 12.1 Å². The molecule has 5 N–H and O–H groups in total. The lowest BCUT2D eigenvalue weighted by molar-refractivity contribution is -0.135. The summed E-state index contributed by atoms with van der Waals surface area (Å²) in [4.78, 5) is 56.0. The minimum Gasteiger partial charge on any atom is -0.370 e. The summed E-state index contributed by atoms with van der Waals surface area (Å²) >= 11 is 0. The zero-order valence-electron chi connectivity index (χ0n) is 36.2. The molecule has 1 saturated heterocycles. The third-order valence-electron chi connectivity index (χ3n) is 10.4. The topological polar surface area (TPSA) is 135 Å². The number of likely N-dealkylation sites (tertiary alicyclic amines) is 1. The standard InChI is InChI=1S/C38H59N7O4.C4H8.C3H8/c1-10-44(9)37(49)33(29-18-13-11-14-19-29)43-32(46)24-39-35(47)25(2)26(3)40-36(48)31-22-17-23-45(31)27(4)34(38(6,7)8)42-28(5)41-30-20-15-12-16-21-30;1-4-2-3-4;1-3-2/h11,13-14,18-19,26,30-31,33-34,41-42H,2,4-5,10,12,15-17,20-24H2,1,3,6-9H3,(H,39,47)(H,40,48)(H,43,46);4H,2-3H2,1H3;3H2,1-2H3. The van der Waals surface area contributed by atoms with E-state index in [1.807, 2.05) is 13.0 Å². The molecule has 1 aromatic carbocycles. The molecule has 3 fully saturated rings. The van der Waals surface area contributed by atoms with Crippen LogP contribution in [0.15, 0.2) is 67.2 Å². The first-order valence-electron chi connectivity index (χ1n) is 21.0. The van der Waals surface area contributed by atoms with Gasteiger partial charge in [0.05, 0.1) is 24.4 Å². The molecule has 0 aromatic heterocycles. The molecule has 56 heavy (non-hydrogen) atoms. The number of amides is 4. The largest absolute Gasteiger partial charge is 0.370 e. The van der Waals surface area contributed by atoms with Crippen LogP contribution in [-0.2, 0) is 19.2 Å². The molecule has 0 radical (unpaired) electrons. The second kappa shape index (κ2) is 23.7. The highest BCUT2D eigenvalue weighted by Crippen LogP contribution is 2.32. The van der Waals surface area contributed by atoms with Gasteiger partial charge in [-0.1, -0.05) is 130 Å². The van der Waals surface area contributed by atoms with Crippen molar-refractivity contribution < 1.29 is 19.2 Å². The second-order valence-electron chi connectivity index (χ2n) is 16.8. The van der Waals surface area contributed by atoms with Gasteiger partial charge in [-0.25, -0.2) is 0 Å². The van der Waals surface area contributed by atoms with Crippen LogP contribution in [0.3, 0.4) is 0 Å². The maximum absolute atomic E-state index is 13.6. The van der Waals surface area contributed by atoms with E-state index in [4.69, 9.17) is 0 Å². The molecule has 1 aromatic rings. The third-order valence-corrected chi connectivity index (χ3v) is 10.4. The fraction of sp³-hybridized carbons (Fsp3) is 0.644. The van der Waals surface area contributed by atoms with Crippen molar-refractivity contribution in [3.63, 3.8) is 0 Å². The highest BCUT2D eigenvalue weighted by Gasteiger charge is 2.38. The Morgan fingerprint density at radius 1 is 0.875 bits per heavy atom. The number of rotatable bonds is 16. The number of carbonyl (C=O) groups excluding carboxylic acids is 4. The smallest absolute Gasteiger partial charge is 0.249 e. The van der Waals surface area contributed by atoms with Gasteiger partial charge in [-0.3, -0.25) is 19.2 Å². The van der Waals surface area contributed by atoms with E-state index in [1.54, 1.807) is 38.2 Å². The van der Waals surface area contributed by atoms with E-state index < -0.39 is 29.9 Å². The fourth-order valence-electron chi connectivity index (χ4n) is 6.61. The minimum atomic E-state index is -0.889. The monoisotopic (exact) mass is 778 g/mol. The van der Waals surface area contributed by atoms with Crippen molar-refractivity contribution in [1.82, 2.24) is 36.4 Å². The van der Waals surface area contributed by atoms with Crippen LogP contribution >= 0.6 is 0 Å². The molecule has 1 aliphatic heterocycles. The Morgan fingerprint density at radius 3 is 2.00 bits per heavy atom. The molecule has 314 valence electrons. The van der Waals surface area contributed by atoms with Crippen LogP contribution in [0.1, 0.15) is 131 Å². The van der Waals surface area contributed by atoms with Crippen LogP contribution in [-0.4, -0.2) is 84.3 Å². The number of likely N-dealkylation sites (N-methyl/N-ethyl adjacent to an activating group) is 1. The molecule has 4 atom stereocenters. The van der Waals surface area contributed by atoms with Gasteiger partial charge < -0.3 is 36.4 Å². The van der Waals surface area contributed by atoms with Crippen LogP contribution < -0.4 is 26.6 Å². The van der Waals surface area contributed by atoms with Crippen molar-refractivity contribution in [2.75, 3.05) is 26.7 Å². The van der Waals surface area contributed by atoms with Gasteiger partial charge in [-0.2, -0.15) is 0 Å². The highest BCUT2D eigenvalue weighted by molar-refractivity contribution is 5.98. The number of hydrogen-bond acceptors (Lipinski definition) is 7. The first-order chi connectivity index (χ1) is 26.4. The lowest BCUT2D eigenvalue weighted by Crippen LogP contribution is -2.53. The molecule has 11 heteroatoms. The Bertz CT molecular complexity index is 1450. The molecule has 2 saturated carbocycles. The van der Waals surface area contributed by atoms with Gasteiger partial charge in [0.25, 0.3) is 0 Å². The van der Waals surface area contributed by atoms with E-state index in [2.05, 4.69) is 92.8 Å². The molecule has 0 spiro atoms. The molecule has 4 amide bonds. The lowest BCUT2D eigenvalue weighted by atomic mass is 9.84. The summed E-state index contributed by atoms with van der Waals surface area (Å²) in [6, 6.07) is 7.19. The van der Waals surface area contributed by atoms with Crippen LogP contribution in [0.2, 0.25) is 0 Å². The summed E-state index contributed by atoms with van der Waals surface area (Å²) < 4.78 is 0. The number of nitrogens with zero attached hydrogens (tertiary/aromatic N) is 2. The summed E-state index contributed by atoms with van der Waals surface area (Å²) in [7, 11) is 1.67. The van der Waals surface area contributed by atoms with Gasteiger partial charge in [0, 0.05) is 37.4 Å². The average molecular weight is 778 g/mol. The number of hydrogen-bond donors (Lipinski definition) is 5. The summed E-state index contributed by atoms with van der Waals surface area (Å²) in [5.74, 6) is 0.291. The zero-order chi connectivity index (χ0) is 42.0. The van der Waals surface area contributed by atoms with E-state index in [-0.39, 0.29) is 35.4 Å². The Balaban J connectivity index is 0.00000141. The Morgan fingerprint density at radius 2 is 1.46 bits per heavy atom. The SMILES string of the molecule is C=C(NC1CCCCC1)NC(C(=C)N1CCCC1C(=O)NC(C)C(=C)C(=O)NCC(=O)NC(C(=O)N(C)CC)c1ccccc1)C(C)(C)C.CC1CC1.CCC. The van der Waals surface area contributed by atoms with E-state index in [0.717, 1.165) is 36.7 Å². The third kappa shape index (κ3) is 16.1. The minimum absolute atomic E-state index is 0.116. The Kier molecular flexibility index (Phi) is 20.3. The van der Waals surface area contributed by atoms with Crippen molar-refractivity contribution in [2.24, 2.45) is 11.3 Å². The van der Waals surface area contributed by atoms with Gasteiger partial charge in [0.2, 0.25) is 23.6 Å². The Labute approximate surface area is 339 Å². The second-order valence-corrected chi connectivity index (χ2v) is 16.8. The van der Waals surface area contributed by atoms with Crippen LogP contribution in [0, 0.1) is 11.3 Å². The molecule has 2 aliphatic carbocycles. The molecule has 3 aliphatic rings. The van der Waals surface area contributed by atoms with Crippen LogP contribution in [0.25, 0.3) is 0 Å². The van der Waals surface area contributed by atoms with Gasteiger partial charge in [-0.15, -0.1) is 0 Å². The Hall–Kier alpha value is -4.28. The van der Waals surface area contributed by atoms with Crippen molar-refractivity contribution >= 4 is 23.6 Å². The predicted octanol–water partition coefficient (Wildman–Crippen LogP) is 6.71. The van der Waals surface area contributed by atoms with E-state index in [1.165, 1.54) is 43.4 Å². The molecule has 0 bridgehead atoms. The summed E-state index contributed by atoms with van der Waals surface area (Å²) in [5, 5.41) is 15.4. The van der Waals surface area contributed by atoms with Gasteiger partial charge in [-0.05, 0) is 56.4 Å². The molecule has 11 nitrogen and oxygen atoms in total. The lowest BCUT2D eigenvalue weighted by Gasteiger charge is -2.41. The summed E-state index contributed by atoms with van der Waals surface area (Å²) in [6.07, 6.45) is 11.7. The number of benzene rings is 1. The molecule has 4 unspecified atom stereocenters.